The van der Waals surface area contributed by atoms with Crippen LogP contribution in [0.25, 0.3) is 0 Å². The number of morpholine rings is 1. The van der Waals surface area contributed by atoms with Crippen LogP contribution < -0.4 is 5.32 Å². The lowest BCUT2D eigenvalue weighted by atomic mass is 10.1. The first-order valence-corrected chi connectivity index (χ1v) is 7.42. The molecule has 6 heteroatoms. The average molecular weight is 303 g/mol. The molecule has 2 saturated heterocycles. The second-order valence-electron chi connectivity index (χ2n) is 4.89. The third-order valence-electron chi connectivity index (χ3n) is 3.70. The number of hydrogen-bond donors (Lipinski definition) is 1. The van der Waals surface area contributed by atoms with Gasteiger partial charge in [0.25, 0.3) is 0 Å². The predicted molar refractivity (Wildman–Crippen MR) is 77.8 cm³/mol. The quantitative estimate of drug-likeness (QED) is 0.904. The van der Waals surface area contributed by atoms with Crippen molar-refractivity contribution in [2.24, 2.45) is 5.92 Å². The van der Waals surface area contributed by atoms with Gasteiger partial charge in [-0.2, -0.15) is 11.3 Å². The fourth-order valence-electron chi connectivity index (χ4n) is 2.63. The summed E-state index contributed by atoms with van der Waals surface area (Å²) in [5.74, 6) is 0.467. The van der Waals surface area contributed by atoms with Crippen molar-refractivity contribution >= 4 is 29.7 Å². The summed E-state index contributed by atoms with van der Waals surface area (Å²) in [7, 11) is 0. The van der Waals surface area contributed by atoms with Gasteiger partial charge in [0.2, 0.25) is 5.91 Å². The van der Waals surface area contributed by atoms with E-state index in [1.54, 1.807) is 11.3 Å². The molecule has 4 nitrogen and oxygen atoms in total. The Labute approximate surface area is 123 Å². The molecule has 2 atom stereocenters. The lowest BCUT2D eigenvalue weighted by molar-refractivity contribution is -0.142. The van der Waals surface area contributed by atoms with Crippen LogP contribution in [0.15, 0.2) is 16.8 Å². The number of hydrogen-bond acceptors (Lipinski definition) is 4. The number of nitrogens with zero attached hydrogens (tertiary/aromatic N) is 1. The Morgan fingerprint density at radius 2 is 2.42 bits per heavy atom. The first-order valence-electron chi connectivity index (χ1n) is 6.48. The van der Waals surface area contributed by atoms with Gasteiger partial charge in [-0.1, -0.05) is 0 Å². The normalized spacial score (nSPS) is 27.1. The van der Waals surface area contributed by atoms with Gasteiger partial charge in [-0.3, -0.25) is 4.79 Å². The van der Waals surface area contributed by atoms with Crippen molar-refractivity contribution in [3.05, 3.63) is 22.4 Å². The minimum absolute atomic E-state index is 0. The zero-order valence-corrected chi connectivity index (χ0v) is 12.3. The summed E-state index contributed by atoms with van der Waals surface area (Å²) in [6, 6.07) is 2.08. The molecule has 2 unspecified atom stereocenters. The Morgan fingerprint density at radius 3 is 3.11 bits per heavy atom. The van der Waals surface area contributed by atoms with Gasteiger partial charge in [0, 0.05) is 13.1 Å². The molecule has 2 aliphatic heterocycles. The van der Waals surface area contributed by atoms with Crippen LogP contribution >= 0.6 is 23.7 Å². The van der Waals surface area contributed by atoms with E-state index in [0.29, 0.717) is 19.1 Å². The second-order valence-corrected chi connectivity index (χ2v) is 5.67. The molecule has 0 radical (unpaired) electrons. The van der Waals surface area contributed by atoms with Crippen LogP contribution in [0.1, 0.15) is 18.1 Å². The number of nitrogens with one attached hydrogen (secondary N) is 1. The summed E-state index contributed by atoms with van der Waals surface area (Å²) >= 11 is 1.67. The predicted octanol–water partition coefficient (Wildman–Crippen LogP) is 1.68. The molecule has 1 amide bonds. The highest BCUT2D eigenvalue weighted by molar-refractivity contribution is 7.07. The van der Waals surface area contributed by atoms with E-state index in [1.165, 1.54) is 5.56 Å². The first kappa shape index (κ1) is 14.8. The molecular formula is C13H19ClN2O2S. The van der Waals surface area contributed by atoms with Crippen molar-refractivity contribution in [2.45, 2.75) is 12.5 Å². The molecule has 2 aliphatic rings. The van der Waals surface area contributed by atoms with E-state index in [-0.39, 0.29) is 24.4 Å². The second kappa shape index (κ2) is 6.70. The Bertz CT molecular complexity index is 407. The smallest absolute Gasteiger partial charge is 0.227 e. The molecule has 3 heterocycles. The van der Waals surface area contributed by atoms with E-state index < -0.39 is 0 Å². The number of carbonyl (C=O) groups is 1. The summed E-state index contributed by atoms with van der Waals surface area (Å²) < 4.78 is 5.76. The number of ether oxygens (including phenoxy) is 1. The van der Waals surface area contributed by atoms with Crippen LogP contribution in [0.4, 0.5) is 0 Å². The summed E-state index contributed by atoms with van der Waals surface area (Å²) in [6.07, 6.45) is 1.03. The first-order chi connectivity index (χ1) is 8.84. The van der Waals surface area contributed by atoms with E-state index >= 15 is 0 Å². The Hall–Kier alpha value is -0.620. The molecule has 19 heavy (non-hydrogen) atoms. The maximum absolute atomic E-state index is 12.3. The number of rotatable bonds is 2. The van der Waals surface area contributed by atoms with E-state index in [2.05, 4.69) is 22.1 Å². The average Bonchev–Trinajstić information content (AvgIpc) is 3.11. The summed E-state index contributed by atoms with van der Waals surface area (Å²) in [6.45, 7) is 3.88. The zero-order valence-electron chi connectivity index (χ0n) is 10.7. The van der Waals surface area contributed by atoms with Crippen molar-refractivity contribution in [1.29, 1.82) is 0 Å². The highest BCUT2D eigenvalue weighted by Crippen LogP contribution is 2.25. The zero-order chi connectivity index (χ0) is 12.4. The summed E-state index contributed by atoms with van der Waals surface area (Å²) in [4.78, 5) is 14.3. The number of thiophene rings is 1. The topological polar surface area (TPSA) is 41.6 Å². The van der Waals surface area contributed by atoms with Crippen molar-refractivity contribution in [1.82, 2.24) is 10.2 Å². The van der Waals surface area contributed by atoms with E-state index in [9.17, 15) is 4.79 Å². The minimum Gasteiger partial charge on any atom is -0.370 e. The Balaban J connectivity index is 0.00000133. The fraction of sp³-hybridized carbons (Fsp3) is 0.615. The van der Waals surface area contributed by atoms with Crippen LogP contribution in [0.2, 0.25) is 0 Å². The Morgan fingerprint density at radius 1 is 1.53 bits per heavy atom. The number of halogens is 1. The summed E-state index contributed by atoms with van der Waals surface area (Å²) in [5.41, 5.74) is 1.20. The highest BCUT2D eigenvalue weighted by atomic mass is 35.5. The van der Waals surface area contributed by atoms with Gasteiger partial charge in [-0.15, -0.1) is 12.4 Å². The lowest BCUT2D eigenvalue weighted by Crippen LogP contribution is -2.45. The molecule has 106 valence electrons. The molecule has 1 aromatic rings. The molecule has 0 aliphatic carbocycles. The molecule has 1 N–H and O–H groups in total. The number of amides is 1. The fourth-order valence-corrected chi connectivity index (χ4v) is 3.33. The molecule has 1 aromatic heterocycles. The van der Waals surface area contributed by atoms with Crippen LogP contribution in [0, 0.1) is 5.92 Å². The van der Waals surface area contributed by atoms with Crippen LogP contribution in [0.5, 0.6) is 0 Å². The molecular weight excluding hydrogens is 284 g/mol. The molecule has 0 bridgehead atoms. The minimum atomic E-state index is 0. The SMILES string of the molecule is Cl.O=C(C1CCNC1)N1CCOC(c2ccsc2)C1. The molecule has 3 rings (SSSR count). The molecule has 0 spiro atoms. The van der Waals surface area contributed by atoms with Gasteiger partial charge >= 0.3 is 0 Å². The maximum Gasteiger partial charge on any atom is 0.227 e. The third kappa shape index (κ3) is 3.28. The van der Waals surface area contributed by atoms with E-state index in [4.69, 9.17) is 4.74 Å². The van der Waals surface area contributed by atoms with Gasteiger partial charge in [0.1, 0.15) is 6.10 Å². The van der Waals surface area contributed by atoms with Gasteiger partial charge in [-0.05, 0) is 35.4 Å². The molecule has 0 aromatic carbocycles. The molecule has 2 fully saturated rings. The van der Waals surface area contributed by atoms with Crippen molar-refractivity contribution in [3.63, 3.8) is 0 Å². The van der Waals surface area contributed by atoms with E-state index in [0.717, 1.165) is 26.1 Å². The van der Waals surface area contributed by atoms with Gasteiger partial charge in [-0.25, -0.2) is 0 Å². The summed E-state index contributed by atoms with van der Waals surface area (Å²) in [5, 5.41) is 7.42. The van der Waals surface area contributed by atoms with Crippen molar-refractivity contribution < 1.29 is 9.53 Å². The van der Waals surface area contributed by atoms with Crippen molar-refractivity contribution in [2.75, 3.05) is 32.8 Å². The van der Waals surface area contributed by atoms with Crippen LogP contribution in [0.3, 0.4) is 0 Å². The monoisotopic (exact) mass is 302 g/mol. The number of carbonyl (C=O) groups excluding carboxylic acids is 1. The van der Waals surface area contributed by atoms with Gasteiger partial charge in [0.15, 0.2) is 0 Å². The largest absolute Gasteiger partial charge is 0.370 e. The maximum atomic E-state index is 12.3. The van der Waals surface area contributed by atoms with Crippen LogP contribution in [-0.4, -0.2) is 43.6 Å². The van der Waals surface area contributed by atoms with Crippen molar-refractivity contribution in [3.8, 4) is 0 Å². The third-order valence-corrected chi connectivity index (χ3v) is 4.40. The lowest BCUT2D eigenvalue weighted by Gasteiger charge is -2.34. The highest BCUT2D eigenvalue weighted by Gasteiger charge is 2.31. The van der Waals surface area contributed by atoms with Gasteiger partial charge < -0.3 is 15.0 Å². The molecule has 0 saturated carbocycles. The Kier molecular flexibility index (Phi) is 5.21. The van der Waals surface area contributed by atoms with E-state index in [1.807, 2.05) is 4.90 Å². The van der Waals surface area contributed by atoms with Gasteiger partial charge in [0.05, 0.1) is 19.1 Å². The van der Waals surface area contributed by atoms with Crippen LogP contribution in [-0.2, 0) is 9.53 Å². The standard InChI is InChI=1S/C13H18N2O2S.ClH/c16-13(10-1-3-14-7-10)15-4-5-17-12(8-15)11-2-6-18-9-11;/h2,6,9-10,12,14H,1,3-5,7-8H2;1H.